The summed E-state index contributed by atoms with van der Waals surface area (Å²) in [4.78, 5) is 8.12. The maximum Gasteiger partial charge on any atom is 0.0300 e. The predicted octanol–water partition coefficient (Wildman–Crippen LogP) is 2.37. The summed E-state index contributed by atoms with van der Waals surface area (Å²) in [7, 11) is 0. The zero-order valence-corrected chi connectivity index (χ0v) is 10.0. The monoisotopic (exact) mass is 227 g/mol. The topological polar surface area (TPSA) is 37.8 Å². The molecule has 0 spiro atoms. The zero-order valence-electron chi connectivity index (χ0n) is 10.0. The molecule has 0 fully saturated rings. The predicted molar refractivity (Wildman–Crippen MR) is 68.6 cm³/mol. The highest BCUT2D eigenvalue weighted by Crippen LogP contribution is 2.09. The Morgan fingerprint density at radius 1 is 1.12 bits per heavy atom. The van der Waals surface area contributed by atoms with Crippen LogP contribution in [0.25, 0.3) is 0 Å². The Balaban J connectivity index is 1.79. The van der Waals surface area contributed by atoms with E-state index in [9.17, 15) is 0 Å². The Kier molecular flexibility index (Phi) is 4.22. The smallest absolute Gasteiger partial charge is 0.0300 e. The van der Waals surface area contributed by atoms with E-state index < -0.39 is 0 Å². The molecule has 0 aromatic carbocycles. The van der Waals surface area contributed by atoms with Gasteiger partial charge in [0.1, 0.15) is 0 Å². The van der Waals surface area contributed by atoms with Gasteiger partial charge in [-0.3, -0.25) is 9.97 Å². The van der Waals surface area contributed by atoms with Crippen molar-refractivity contribution in [3.8, 4) is 0 Å². The van der Waals surface area contributed by atoms with Crippen molar-refractivity contribution < 1.29 is 0 Å². The van der Waals surface area contributed by atoms with Crippen LogP contribution in [0.2, 0.25) is 0 Å². The molecule has 0 aliphatic carbocycles. The summed E-state index contributed by atoms with van der Waals surface area (Å²) in [5, 5.41) is 3.49. The second-order valence-electron chi connectivity index (χ2n) is 4.07. The average molecular weight is 227 g/mol. The minimum Gasteiger partial charge on any atom is -0.310 e. The van der Waals surface area contributed by atoms with Gasteiger partial charge < -0.3 is 5.32 Å². The molecule has 0 radical (unpaired) electrons. The molecule has 1 atom stereocenters. The van der Waals surface area contributed by atoms with Crippen LogP contribution in [0, 0.1) is 0 Å². The summed E-state index contributed by atoms with van der Waals surface area (Å²) in [5.41, 5.74) is 2.54. The summed E-state index contributed by atoms with van der Waals surface area (Å²) < 4.78 is 0. The lowest BCUT2D eigenvalue weighted by molar-refractivity contribution is 0.576. The van der Waals surface area contributed by atoms with Crippen LogP contribution < -0.4 is 5.32 Å². The summed E-state index contributed by atoms with van der Waals surface area (Å²) in [6.45, 7) is 3.12. The SMILES string of the molecule is C[C@@H](NCCc1cccnc1)c1ccncc1. The van der Waals surface area contributed by atoms with Crippen molar-refractivity contribution in [3.05, 3.63) is 60.2 Å². The van der Waals surface area contributed by atoms with Crippen LogP contribution in [0.1, 0.15) is 24.1 Å². The highest BCUT2D eigenvalue weighted by atomic mass is 14.9. The normalized spacial score (nSPS) is 12.3. The van der Waals surface area contributed by atoms with Gasteiger partial charge in [0.05, 0.1) is 0 Å². The van der Waals surface area contributed by atoms with Crippen LogP contribution in [-0.4, -0.2) is 16.5 Å². The van der Waals surface area contributed by atoms with Crippen molar-refractivity contribution in [1.29, 1.82) is 0 Å². The van der Waals surface area contributed by atoms with Gasteiger partial charge in [-0.05, 0) is 49.2 Å². The second kappa shape index (κ2) is 6.11. The average Bonchev–Trinajstić information content (AvgIpc) is 2.41. The molecule has 2 rings (SSSR count). The third kappa shape index (κ3) is 3.64. The molecule has 2 aromatic rings. The maximum atomic E-state index is 4.10. The highest BCUT2D eigenvalue weighted by Gasteiger charge is 2.03. The Morgan fingerprint density at radius 3 is 2.65 bits per heavy atom. The quantitative estimate of drug-likeness (QED) is 0.852. The van der Waals surface area contributed by atoms with Crippen LogP contribution in [0.5, 0.6) is 0 Å². The van der Waals surface area contributed by atoms with Gasteiger partial charge >= 0.3 is 0 Å². The molecule has 0 bridgehead atoms. The summed E-state index contributed by atoms with van der Waals surface area (Å²) in [5.74, 6) is 0. The lowest BCUT2D eigenvalue weighted by Gasteiger charge is -2.13. The molecule has 88 valence electrons. The fourth-order valence-electron chi connectivity index (χ4n) is 1.75. The molecular weight excluding hydrogens is 210 g/mol. The fraction of sp³-hybridized carbons (Fsp3) is 0.286. The minimum absolute atomic E-state index is 0.356. The largest absolute Gasteiger partial charge is 0.310 e. The highest BCUT2D eigenvalue weighted by molar-refractivity contribution is 5.14. The first-order valence-corrected chi connectivity index (χ1v) is 5.88. The Morgan fingerprint density at radius 2 is 1.94 bits per heavy atom. The van der Waals surface area contributed by atoms with Crippen molar-refractivity contribution in [2.75, 3.05) is 6.54 Å². The molecule has 3 heteroatoms. The first kappa shape index (κ1) is 11.7. The van der Waals surface area contributed by atoms with E-state index in [-0.39, 0.29) is 0 Å². The number of hydrogen-bond donors (Lipinski definition) is 1. The molecular formula is C14H17N3. The van der Waals surface area contributed by atoms with E-state index in [1.54, 1.807) is 6.20 Å². The zero-order chi connectivity index (χ0) is 11.9. The molecule has 2 aromatic heterocycles. The molecule has 0 aliphatic heterocycles. The summed E-state index contributed by atoms with van der Waals surface area (Å²) in [6.07, 6.45) is 8.38. The van der Waals surface area contributed by atoms with Crippen LogP contribution in [-0.2, 0) is 6.42 Å². The van der Waals surface area contributed by atoms with Gasteiger partial charge in [-0.15, -0.1) is 0 Å². The van der Waals surface area contributed by atoms with Gasteiger partial charge in [0.2, 0.25) is 0 Å². The van der Waals surface area contributed by atoms with E-state index in [1.807, 2.05) is 36.8 Å². The molecule has 0 unspecified atom stereocenters. The van der Waals surface area contributed by atoms with E-state index in [0.717, 1.165) is 13.0 Å². The van der Waals surface area contributed by atoms with E-state index >= 15 is 0 Å². The van der Waals surface area contributed by atoms with Gasteiger partial charge in [-0.2, -0.15) is 0 Å². The Bertz CT molecular complexity index is 428. The number of rotatable bonds is 5. The fourth-order valence-corrected chi connectivity index (χ4v) is 1.75. The Labute approximate surface area is 102 Å². The van der Waals surface area contributed by atoms with Crippen LogP contribution in [0.4, 0.5) is 0 Å². The maximum absolute atomic E-state index is 4.10. The molecule has 2 heterocycles. The number of nitrogens with zero attached hydrogens (tertiary/aromatic N) is 2. The van der Waals surface area contributed by atoms with Gasteiger partial charge in [-0.25, -0.2) is 0 Å². The molecule has 0 saturated carbocycles. The number of pyridine rings is 2. The van der Waals surface area contributed by atoms with Crippen LogP contribution in [0.3, 0.4) is 0 Å². The number of aromatic nitrogens is 2. The minimum atomic E-state index is 0.356. The molecule has 0 saturated heterocycles. The van der Waals surface area contributed by atoms with E-state index in [1.165, 1.54) is 11.1 Å². The van der Waals surface area contributed by atoms with Gasteiger partial charge in [0.15, 0.2) is 0 Å². The Hall–Kier alpha value is -1.74. The molecule has 0 aliphatic rings. The van der Waals surface area contributed by atoms with Gasteiger partial charge in [0, 0.05) is 30.8 Å². The number of nitrogens with one attached hydrogen (secondary N) is 1. The third-order valence-corrected chi connectivity index (χ3v) is 2.79. The van der Waals surface area contributed by atoms with Gasteiger partial charge in [-0.1, -0.05) is 6.07 Å². The standard InChI is InChI=1S/C14H17N3/c1-12(14-5-8-15-9-6-14)17-10-4-13-3-2-7-16-11-13/h2-3,5-9,11-12,17H,4,10H2,1H3/t12-/m1/s1. The molecule has 3 nitrogen and oxygen atoms in total. The van der Waals surface area contributed by atoms with Gasteiger partial charge in [0.25, 0.3) is 0 Å². The van der Waals surface area contributed by atoms with Crippen molar-refractivity contribution in [2.45, 2.75) is 19.4 Å². The molecule has 17 heavy (non-hydrogen) atoms. The number of hydrogen-bond acceptors (Lipinski definition) is 3. The third-order valence-electron chi connectivity index (χ3n) is 2.79. The van der Waals surface area contributed by atoms with Crippen molar-refractivity contribution >= 4 is 0 Å². The molecule has 0 amide bonds. The lowest BCUT2D eigenvalue weighted by atomic mass is 10.1. The van der Waals surface area contributed by atoms with Crippen molar-refractivity contribution in [1.82, 2.24) is 15.3 Å². The lowest BCUT2D eigenvalue weighted by Crippen LogP contribution is -2.21. The van der Waals surface area contributed by atoms with Crippen molar-refractivity contribution in [3.63, 3.8) is 0 Å². The summed E-state index contributed by atoms with van der Waals surface area (Å²) >= 11 is 0. The first-order chi connectivity index (χ1) is 8.36. The molecule has 1 N–H and O–H groups in total. The van der Waals surface area contributed by atoms with E-state index in [4.69, 9.17) is 0 Å². The second-order valence-corrected chi connectivity index (χ2v) is 4.07. The van der Waals surface area contributed by atoms with Crippen LogP contribution >= 0.6 is 0 Å². The van der Waals surface area contributed by atoms with Crippen LogP contribution in [0.15, 0.2) is 49.1 Å². The summed E-state index contributed by atoms with van der Waals surface area (Å²) in [6, 6.07) is 8.52. The first-order valence-electron chi connectivity index (χ1n) is 5.88. The van der Waals surface area contributed by atoms with E-state index in [0.29, 0.717) is 6.04 Å². The van der Waals surface area contributed by atoms with Crippen molar-refractivity contribution in [2.24, 2.45) is 0 Å². The van der Waals surface area contributed by atoms with E-state index in [2.05, 4.69) is 28.3 Å².